The topological polar surface area (TPSA) is 24.5 Å². The molecule has 1 aromatic rings. The Morgan fingerprint density at radius 2 is 2.10 bits per heavy atom. The van der Waals surface area contributed by atoms with E-state index in [-0.39, 0.29) is 6.10 Å². The van der Waals surface area contributed by atoms with Gasteiger partial charge in [0.15, 0.2) is 0 Å². The molecule has 0 amide bonds. The van der Waals surface area contributed by atoms with Gasteiger partial charge in [0.2, 0.25) is 0 Å². The summed E-state index contributed by atoms with van der Waals surface area (Å²) in [6, 6.07) is 6.07. The Bertz CT molecular complexity index is 396. The summed E-state index contributed by atoms with van der Waals surface area (Å²) in [4.78, 5) is 2.21. The molecule has 0 aliphatic heterocycles. The molecule has 0 atom stereocenters. The van der Waals surface area contributed by atoms with Gasteiger partial charge < -0.3 is 15.0 Å². The highest BCUT2D eigenvalue weighted by Crippen LogP contribution is 2.26. The highest BCUT2D eigenvalue weighted by atomic mass is 35.5. The average molecular weight is 299 g/mol. The normalized spacial score (nSPS) is 11.1. The molecule has 0 aliphatic carbocycles. The predicted octanol–water partition coefficient (Wildman–Crippen LogP) is 3.70. The summed E-state index contributed by atoms with van der Waals surface area (Å²) < 4.78 is 5.61. The van der Waals surface area contributed by atoms with Crippen molar-refractivity contribution in [3.63, 3.8) is 0 Å². The largest absolute Gasteiger partial charge is 0.377 e. The van der Waals surface area contributed by atoms with Crippen LogP contribution in [-0.2, 0) is 11.3 Å². The molecular formula is C16H27ClN2O. The zero-order valence-corrected chi connectivity index (χ0v) is 13.8. The van der Waals surface area contributed by atoms with Gasteiger partial charge in [0.25, 0.3) is 0 Å². The lowest BCUT2D eigenvalue weighted by Crippen LogP contribution is -2.26. The molecule has 0 aliphatic rings. The van der Waals surface area contributed by atoms with Gasteiger partial charge in [-0.1, -0.05) is 24.6 Å². The maximum absolute atomic E-state index is 6.34. The standard InChI is InChI=1S/C16H27ClN2O/c1-5-9-18-12-14-15(17)7-6-8-16(14)19(4)10-11-20-13(2)3/h6-8,13,18H,5,9-12H2,1-4H3. The Balaban J connectivity index is 2.69. The van der Waals surface area contributed by atoms with Crippen LogP contribution in [0.2, 0.25) is 5.02 Å². The molecule has 0 heterocycles. The number of hydrogen-bond donors (Lipinski definition) is 1. The van der Waals surface area contributed by atoms with Crippen LogP contribution in [-0.4, -0.2) is 32.8 Å². The van der Waals surface area contributed by atoms with Crippen molar-refractivity contribution in [1.82, 2.24) is 5.32 Å². The second-order valence-electron chi connectivity index (χ2n) is 5.26. The first-order chi connectivity index (χ1) is 9.56. The zero-order chi connectivity index (χ0) is 15.0. The lowest BCUT2D eigenvalue weighted by Gasteiger charge is -2.24. The number of nitrogens with zero attached hydrogens (tertiary/aromatic N) is 1. The number of anilines is 1. The van der Waals surface area contributed by atoms with E-state index in [1.54, 1.807) is 0 Å². The Labute approximate surface area is 128 Å². The fourth-order valence-corrected chi connectivity index (χ4v) is 2.25. The fourth-order valence-electron chi connectivity index (χ4n) is 2.02. The van der Waals surface area contributed by atoms with E-state index in [1.165, 1.54) is 5.69 Å². The number of hydrogen-bond acceptors (Lipinski definition) is 3. The maximum Gasteiger partial charge on any atom is 0.0644 e. The van der Waals surface area contributed by atoms with Crippen molar-refractivity contribution in [2.24, 2.45) is 0 Å². The van der Waals surface area contributed by atoms with Crippen LogP contribution in [0.5, 0.6) is 0 Å². The van der Waals surface area contributed by atoms with Gasteiger partial charge >= 0.3 is 0 Å². The molecule has 0 aromatic heterocycles. The molecule has 114 valence electrons. The Morgan fingerprint density at radius 1 is 1.35 bits per heavy atom. The van der Waals surface area contributed by atoms with Gasteiger partial charge in [-0.25, -0.2) is 0 Å². The summed E-state index contributed by atoms with van der Waals surface area (Å²) in [5.41, 5.74) is 2.34. The summed E-state index contributed by atoms with van der Waals surface area (Å²) in [7, 11) is 2.08. The smallest absolute Gasteiger partial charge is 0.0644 e. The summed E-state index contributed by atoms with van der Waals surface area (Å²) in [6.07, 6.45) is 1.39. The molecular weight excluding hydrogens is 272 g/mol. The van der Waals surface area contributed by atoms with Gasteiger partial charge in [-0.3, -0.25) is 0 Å². The Hall–Kier alpha value is -0.770. The van der Waals surface area contributed by atoms with Gasteiger partial charge in [-0.15, -0.1) is 0 Å². The van der Waals surface area contributed by atoms with Crippen LogP contribution in [0.1, 0.15) is 32.8 Å². The maximum atomic E-state index is 6.34. The second-order valence-corrected chi connectivity index (χ2v) is 5.66. The molecule has 0 bridgehead atoms. The molecule has 1 rings (SSSR count). The molecule has 0 radical (unpaired) electrons. The minimum atomic E-state index is 0.272. The van der Waals surface area contributed by atoms with Gasteiger partial charge in [0.05, 0.1) is 12.7 Å². The minimum Gasteiger partial charge on any atom is -0.377 e. The molecule has 0 spiro atoms. The van der Waals surface area contributed by atoms with Crippen LogP contribution in [0.25, 0.3) is 0 Å². The Kier molecular flexibility index (Phi) is 7.97. The van der Waals surface area contributed by atoms with Crippen molar-refractivity contribution in [1.29, 1.82) is 0 Å². The number of likely N-dealkylation sites (N-methyl/N-ethyl adjacent to an activating group) is 1. The van der Waals surface area contributed by atoms with Crippen LogP contribution in [0.15, 0.2) is 18.2 Å². The molecule has 20 heavy (non-hydrogen) atoms. The second kappa shape index (κ2) is 9.22. The van der Waals surface area contributed by atoms with Crippen molar-refractivity contribution >= 4 is 17.3 Å². The van der Waals surface area contributed by atoms with E-state index in [4.69, 9.17) is 16.3 Å². The third-order valence-electron chi connectivity index (χ3n) is 3.11. The molecule has 0 saturated carbocycles. The summed E-state index contributed by atoms with van der Waals surface area (Å²) >= 11 is 6.34. The molecule has 1 N–H and O–H groups in total. The monoisotopic (exact) mass is 298 g/mol. The highest BCUT2D eigenvalue weighted by molar-refractivity contribution is 6.31. The van der Waals surface area contributed by atoms with E-state index in [1.807, 2.05) is 12.1 Å². The van der Waals surface area contributed by atoms with Crippen LogP contribution < -0.4 is 10.2 Å². The van der Waals surface area contributed by atoms with E-state index in [0.29, 0.717) is 0 Å². The quantitative estimate of drug-likeness (QED) is 0.704. The first kappa shape index (κ1) is 17.3. The number of benzene rings is 1. The van der Waals surface area contributed by atoms with Crippen molar-refractivity contribution < 1.29 is 4.74 Å². The molecule has 0 unspecified atom stereocenters. The first-order valence-electron chi connectivity index (χ1n) is 7.37. The third-order valence-corrected chi connectivity index (χ3v) is 3.47. The average Bonchev–Trinajstić information content (AvgIpc) is 2.40. The van der Waals surface area contributed by atoms with E-state index in [2.05, 4.69) is 44.1 Å². The lowest BCUT2D eigenvalue weighted by molar-refractivity contribution is 0.0846. The van der Waals surface area contributed by atoms with E-state index >= 15 is 0 Å². The zero-order valence-electron chi connectivity index (χ0n) is 13.1. The van der Waals surface area contributed by atoms with Gasteiger partial charge in [-0.05, 0) is 38.9 Å². The lowest BCUT2D eigenvalue weighted by atomic mass is 10.1. The number of halogens is 1. The van der Waals surface area contributed by atoms with E-state index in [0.717, 1.165) is 43.2 Å². The van der Waals surface area contributed by atoms with E-state index < -0.39 is 0 Å². The SMILES string of the molecule is CCCNCc1c(Cl)cccc1N(C)CCOC(C)C. The van der Waals surface area contributed by atoms with Crippen molar-refractivity contribution in [2.75, 3.05) is 31.6 Å². The predicted molar refractivity (Wildman–Crippen MR) is 87.8 cm³/mol. The molecule has 0 fully saturated rings. The van der Waals surface area contributed by atoms with E-state index in [9.17, 15) is 0 Å². The fraction of sp³-hybridized carbons (Fsp3) is 0.625. The van der Waals surface area contributed by atoms with Crippen LogP contribution in [0.3, 0.4) is 0 Å². The van der Waals surface area contributed by atoms with Crippen LogP contribution in [0, 0.1) is 0 Å². The molecule has 0 saturated heterocycles. The Morgan fingerprint density at radius 3 is 2.75 bits per heavy atom. The van der Waals surface area contributed by atoms with Gasteiger partial charge in [-0.2, -0.15) is 0 Å². The minimum absolute atomic E-state index is 0.272. The third kappa shape index (κ3) is 5.70. The van der Waals surface area contributed by atoms with Crippen LogP contribution in [0.4, 0.5) is 5.69 Å². The van der Waals surface area contributed by atoms with Crippen LogP contribution >= 0.6 is 11.6 Å². The number of ether oxygens (including phenoxy) is 1. The molecule has 3 nitrogen and oxygen atoms in total. The van der Waals surface area contributed by atoms with Crippen molar-refractivity contribution in [2.45, 2.75) is 39.8 Å². The number of nitrogens with one attached hydrogen (secondary N) is 1. The molecule has 1 aromatic carbocycles. The van der Waals surface area contributed by atoms with Crippen molar-refractivity contribution in [3.05, 3.63) is 28.8 Å². The van der Waals surface area contributed by atoms with Crippen molar-refractivity contribution in [3.8, 4) is 0 Å². The highest BCUT2D eigenvalue weighted by Gasteiger charge is 2.10. The molecule has 4 heteroatoms. The summed E-state index contributed by atoms with van der Waals surface area (Å²) in [5, 5.41) is 4.24. The first-order valence-corrected chi connectivity index (χ1v) is 7.74. The summed E-state index contributed by atoms with van der Waals surface area (Å²) in [6.45, 7) is 9.67. The summed E-state index contributed by atoms with van der Waals surface area (Å²) in [5.74, 6) is 0. The van der Waals surface area contributed by atoms with Gasteiger partial charge in [0, 0.05) is 36.4 Å². The number of rotatable bonds is 9. The van der Waals surface area contributed by atoms with Gasteiger partial charge in [0.1, 0.15) is 0 Å².